The lowest BCUT2D eigenvalue weighted by molar-refractivity contribution is -0.145. The topological polar surface area (TPSA) is 55.8 Å². The van der Waals surface area contributed by atoms with E-state index in [1.54, 1.807) is 4.90 Å². The lowest BCUT2D eigenvalue weighted by Gasteiger charge is -2.14. The quantitative estimate of drug-likeness (QED) is 0.586. The first-order chi connectivity index (χ1) is 6.69. The maximum Gasteiger partial charge on any atom is 0.310 e. The number of amides is 1. The van der Waals surface area contributed by atoms with Gasteiger partial charge in [0.05, 0.1) is 13.0 Å². The summed E-state index contributed by atoms with van der Waals surface area (Å²) >= 11 is 0. The third kappa shape index (κ3) is 2.45. The number of carbonyl (C=O) groups excluding carboxylic acids is 2. The van der Waals surface area contributed by atoms with Crippen LogP contribution in [0.25, 0.3) is 0 Å². The van der Waals surface area contributed by atoms with Gasteiger partial charge in [-0.15, -0.1) is 0 Å². The van der Waals surface area contributed by atoms with Gasteiger partial charge in [-0.3, -0.25) is 9.59 Å². The molecule has 1 rings (SSSR count). The van der Waals surface area contributed by atoms with Crippen molar-refractivity contribution in [1.29, 1.82) is 0 Å². The van der Waals surface area contributed by atoms with Crippen molar-refractivity contribution in [2.75, 3.05) is 33.9 Å². The van der Waals surface area contributed by atoms with Crippen LogP contribution in [0.2, 0.25) is 0 Å². The van der Waals surface area contributed by atoms with Crippen molar-refractivity contribution in [2.45, 2.75) is 6.42 Å². The van der Waals surface area contributed by atoms with E-state index in [-0.39, 0.29) is 24.4 Å². The maximum absolute atomic E-state index is 11.4. The lowest BCUT2D eigenvalue weighted by atomic mass is 10.1. The van der Waals surface area contributed by atoms with Crippen molar-refractivity contribution >= 4 is 11.9 Å². The van der Waals surface area contributed by atoms with Gasteiger partial charge in [-0.2, -0.15) is 0 Å². The standard InChI is InChI=1S/C9H15NO4/c1-13-6-8(11)10-4-3-7(5-10)9(12)14-2/h7H,3-6H2,1-2H3. The molecule has 1 fully saturated rings. The summed E-state index contributed by atoms with van der Waals surface area (Å²) < 4.78 is 9.34. The molecule has 5 heteroatoms. The molecule has 0 aromatic heterocycles. The Morgan fingerprint density at radius 3 is 2.71 bits per heavy atom. The number of hydrogen-bond acceptors (Lipinski definition) is 4. The number of likely N-dealkylation sites (tertiary alicyclic amines) is 1. The summed E-state index contributed by atoms with van der Waals surface area (Å²) in [6.45, 7) is 1.14. The summed E-state index contributed by atoms with van der Waals surface area (Å²) in [5, 5.41) is 0. The molecule has 1 aliphatic heterocycles. The zero-order valence-corrected chi connectivity index (χ0v) is 8.49. The highest BCUT2D eigenvalue weighted by atomic mass is 16.5. The minimum Gasteiger partial charge on any atom is -0.469 e. The summed E-state index contributed by atoms with van der Waals surface area (Å²) in [5.41, 5.74) is 0. The summed E-state index contributed by atoms with van der Waals surface area (Å²) in [4.78, 5) is 24.1. The van der Waals surface area contributed by atoms with Gasteiger partial charge in [0.15, 0.2) is 0 Å². The Morgan fingerprint density at radius 2 is 2.14 bits per heavy atom. The van der Waals surface area contributed by atoms with E-state index >= 15 is 0 Å². The van der Waals surface area contributed by atoms with Crippen molar-refractivity contribution in [3.05, 3.63) is 0 Å². The van der Waals surface area contributed by atoms with Gasteiger partial charge in [-0.05, 0) is 6.42 Å². The van der Waals surface area contributed by atoms with Crippen molar-refractivity contribution < 1.29 is 19.1 Å². The van der Waals surface area contributed by atoms with Gasteiger partial charge >= 0.3 is 5.97 Å². The van der Waals surface area contributed by atoms with Crippen molar-refractivity contribution in [2.24, 2.45) is 5.92 Å². The molecule has 0 spiro atoms. The third-order valence-electron chi connectivity index (χ3n) is 2.34. The molecule has 5 nitrogen and oxygen atoms in total. The van der Waals surface area contributed by atoms with Gasteiger partial charge in [0, 0.05) is 20.2 Å². The first-order valence-electron chi connectivity index (χ1n) is 4.53. The fourth-order valence-electron chi connectivity index (χ4n) is 1.56. The van der Waals surface area contributed by atoms with E-state index in [1.165, 1.54) is 14.2 Å². The Hall–Kier alpha value is -1.10. The summed E-state index contributed by atoms with van der Waals surface area (Å²) in [6, 6.07) is 0. The molecule has 80 valence electrons. The van der Waals surface area contributed by atoms with Crippen molar-refractivity contribution in [3.8, 4) is 0 Å². The highest BCUT2D eigenvalue weighted by Gasteiger charge is 2.31. The van der Waals surface area contributed by atoms with E-state index in [9.17, 15) is 9.59 Å². The van der Waals surface area contributed by atoms with Gasteiger partial charge in [0.1, 0.15) is 6.61 Å². The summed E-state index contributed by atoms with van der Waals surface area (Å²) in [7, 11) is 2.84. The smallest absolute Gasteiger partial charge is 0.310 e. The van der Waals surface area contributed by atoms with Gasteiger partial charge in [-0.1, -0.05) is 0 Å². The normalized spacial score (nSPS) is 21.0. The predicted octanol–water partition coefficient (Wildman–Crippen LogP) is -0.346. The van der Waals surface area contributed by atoms with E-state index in [4.69, 9.17) is 4.74 Å². The number of hydrogen-bond donors (Lipinski definition) is 0. The highest BCUT2D eigenvalue weighted by Crippen LogP contribution is 2.17. The maximum atomic E-state index is 11.4. The molecule has 0 aromatic rings. The van der Waals surface area contributed by atoms with Crippen LogP contribution < -0.4 is 0 Å². The van der Waals surface area contributed by atoms with Crippen LogP contribution in [0.3, 0.4) is 0 Å². The van der Waals surface area contributed by atoms with Crippen LogP contribution >= 0.6 is 0 Å². The van der Waals surface area contributed by atoms with E-state index in [0.29, 0.717) is 19.5 Å². The Kier molecular flexibility index (Phi) is 3.88. The SMILES string of the molecule is COCC(=O)N1CCC(C(=O)OC)C1. The molecule has 1 aliphatic rings. The largest absolute Gasteiger partial charge is 0.469 e. The molecular formula is C9H15NO4. The van der Waals surface area contributed by atoms with Crippen LogP contribution in [0.15, 0.2) is 0 Å². The summed E-state index contributed by atoms with van der Waals surface area (Å²) in [6.07, 6.45) is 0.683. The number of ether oxygens (including phenoxy) is 2. The van der Waals surface area contributed by atoms with Crippen molar-refractivity contribution in [1.82, 2.24) is 4.90 Å². The van der Waals surface area contributed by atoms with Crippen molar-refractivity contribution in [3.63, 3.8) is 0 Å². The molecule has 0 N–H and O–H groups in total. The van der Waals surface area contributed by atoms with Crippen LogP contribution in [0.5, 0.6) is 0 Å². The molecule has 0 aliphatic carbocycles. The van der Waals surface area contributed by atoms with Gasteiger partial charge < -0.3 is 14.4 Å². The molecule has 0 bridgehead atoms. The first-order valence-corrected chi connectivity index (χ1v) is 4.53. The average Bonchev–Trinajstić information content (AvgIpc) is 2.66. The molecule has 14 heavy (non-hydrogen) atoms. The first kappa shape index (κ1) is 11.0. The lowest BCUT2D eigenvalue weighted by Crippen LogP contribution is -2.32. The van der Waals surface area contributed by atoms with E-state index in [2.05, 4.69) is 4.74 Å². The van der Waals surface area contributed by atoms with Crippen LogP contribution in [0.1, 0.15) is 6.42 Å². The van der Waals surface area contributed by atoms with Gasteiger partial charge in [0.2, 0.25) is 5.91 Å². The Balaban J connectivity index is 2.41. The van der Waals surface area contributed by atoms with Crippen LogP contribution in [-0.4, -0.2) is 50.7 Å². The minimum absolute atomic E-state index is 0.0705. The zero-order valence-electron chi connectivity index (χ0n) is 8.49. The fourth-order valence-corrected chi connectivity index (χ4v) is 1.56. The molecule has 1 amide bonds. The van der Waals surface area contributed by atoms with E-state index in [0.717, 1.165) is 0 Å². The molecule has 0 aromatic carbocycles. The molecule has 0 saturated carbocycles. The van der Waals surface area contributed by atoms with E-state index < -0.39 is 0 Å². The molecule has 1 saturated heterocycles. The Morgan fingerprint density at radius 1 is 1.43 bits per heavy atom. The second-order valence-corrected chi connectivity index (χ2v) is 3.28. The minimum atomic E-state index is -0.238. The Labute approximate surface area is 83.0 Å². The van der Waals surface area contributed by atoms with E-state index in [1.807, 2.05) is 0 Å². The number of rotatable bonds is 3. The number of esters is 1. The van der Waals surface area contributed by atoms with Crippen LogP contribution in [-0.2, 0) is 19.1 Å². The number of methoxy groups -OCH3 is 2. The molecular weight excluding hydrogens is 186 g/mol. The predicted molar refractivity (Wildman–Crippen MR) is 48.6 cm³/mol. The fraction of sp³-hybridized carbons (Fsp3) is 0.778. The average molecular weight is 201 g/mol. The summed E-state index contributed by atoms with van der Waals surface area (Å²) in [5.74, 6) is -0.475. The second-order valence-electron chi connectivity index (χ2n) is 3.28. The molecule has 1 heterocycles. The second kappa shape index (κ2) is 4.95. The highest BCUT2D eigenvalue weighted by molar-refractivity contribution is 5.80. The van der Waals surface area contributed by atoms with Gasteiger partial charge in [0.25, 0.3) is 0 Å². The van der Waals surface area contributed by atoms with Gasteiger partial charge in [-0.25, -0.2) is 0 Å². The molecule has 1 unspecified atom stereocenters. The number of nitrogens with zero attached hydrogens (tertiary/aromatic N) is 1. The Bertz CT molecular complexity index is 229. The molecule has 0 radical (unpaired) electrons. The number of carbonyl (C=O) groups is 2. The molecule has 1 atom stereocenters. The van der Waals surface area contributed by atoms with Crippen LogP contribution in [0, 0.1) is 5.92 Å². The van der Waals surface area contributed by atoms with Crippen LogP contribution in [0.4, 0.5) is 0 Å². The third-order valence-corrected chi connectivity index (χ3v) is 2.34. The monoisotopic (exact) mass is 201 g/mol. The zero-order chi connectivity index (χ0) is 10.6.